The number of fused-ring (bicyclic) bond motifs is 1. The number of anilines is 1. The predicted octanol–water partition coefficient (Wildman–Crippen LogP) is 6.43. The Balaban J connectivity index is 1.77. The second-order valence-electron chi connectivity index (χ2n) is 6.05. The lowest BCUT2D eigenvalue weighted by molar-refractivity contribution is -0.384. The molecule has 4 aromatic rings. The molecule has 1 amide bonds. The third kappa shape index (κ3) is 3.93. The van der Waals surface area contributed by atoms with Crippen LogP contribution in [-0.4, -0.2) is 15.8 Å². The number of nitrogens with zero attached hydrogens (tertiary/aromatic N) is 2. The minimum atomic E-state index is -0.599. The molecule has 0 aliphatic carbocycles. The average Bonchev–Trinajstić information content (AvgIpc) is 3.14. The van der Waals surface area contributed by atoms with Crippen molar-refractivity contribution in [1.29, 1.82) is 0 Å². The molecule has 0 fully saturated rings. The van der Waals surface area contributed by atoms with Crippen molar-refractivity contribution in [2.75, 3.05) is 5.32 Å². The van der Waals surface area contributed by atoms with Gasteiger partial charge < -0.3 is 5.32 Å². The number of nitrogens with one attached hydrogen (secondary N) is 1. The quantitative estimate of drug-likeness (QED) is 0.290. The van der Waals surface area contributed by atoms with Gasteiger partial charge in [0.25, 0.3) is 11.6 Å². The van der Waals surface area contributed by atoms with Crippen molar-refractivity contribution in [1.82, 2.24) is 4.98 Å². The van der Waals surface area contributed by atoms with Gasteiger partial charge in [0.2, 0.25) is 0 Å². The number of aromatic nitrogens is 1. The highest BCUT2D eigenvalue weighted by molar-refractivity contribution is 7.19. The Kier molecular flexibility index (Phi) is 5.19. The van der Waals surface area contributed by atoms with Crippen molar-refractivity contribution in [3.63, 3.8) is 0 Å². The molecule has 0 atom stereocenters. The first-order valence-corrected chi connectivity index (χ1v) is 9.90. The van der Waals surface area contributed by atoms with Gasteiger partial charge in [-0.3, -0.25) is 14.9 Å². The molecule has 0 aliphatic rings. The van der Waals surface area contributed by atoms with Gasteiger partial charge in [-0.25, -0.2) is 4.98 Å². The number of hydrogen-bond acceptors (Lipinski definition) is 5. The maximum atomic E-state index is 13.0. The molecule has 2 aromatic carbocycles. The Morgan fingerprint density at radius 3 is 2.59 bits per heavy atom. The Morgan fingerprint density at radius 1 is 1.07 bits per heavy atom. The zero-order valence-corrected chi connectivity index (χ0v) is 16.9. The van der Waals surface area contributed by atoms with E-state index in [4.69, 9.17) is 23.2 Å². The molecule has 0 radical (unpaired) electrons. The fourth-order valence-electron chi connectivity index (χ4n) is 2.87. The molecule has 6 nitrogen and oxygen atoms in total. The van der Waals surface area contributed by atoms with Crippen molar-refractivity contribution < 1.29 is 9.72 Å². The predicted molar refractivity (Wildman–Crippen MR) is 116 cm³/mol. The highest BCUT2D eigenvalue weighted by Crippen LogP contribution is 2.33. The Hall–Kier alpha value is -3.00. The van der Waals surface area contributed by atoms with Gasteiger partial charge in [-0.05, 0) is 36.4 Å². The molecular weight excluding hydrogens is 433 g/mol. The standard InChI is InChI=1S/C20H11Cl2N3O3S/c21-14-6-5-11(9-17(14)25(27)28)23-20(26)13-10-16(18-7-8-19(22)29-18)24-15-4-2-1-3-12(13)15/h1-10H,(H,23,26). The van der Waals surface area contributed by atoms with Crippen molar-refractivity contribution >= 4 is 62.7 Å². The van der Waals surface area contributed by atoms with Crippen molar-refractivity contribution in [3.05, 3.63) is 85.7 Å². The maximum absolute atomic E-state index is 13.0. The van der Waals surface area contributed by atoms with E-state index < -0.39 is 10.8 Å². The first-order valence-electron chi connectivity index (χ1n) is 8.33. The molecule has 2 heterocycles. The number of pyridine rings is 1. The summed E-state index contributed by atoms with van der Waals surface area (Å²) in [6, 6.07) is 16.7. The molecule has 0 saturated carbocycles. The van der Waals surface area contributed by atoms with Gasteiger partial charge in [-0.15, -0.1) is 11.3 Å². The molecule has 9 heteroatoms. The summed E-state index contributed by atoms with van der Waals surface area (Å²) in [6.45, 7) is 0. The van der Waals surface area contributed by atoms with Gasteiger partial charge >= 0.3 is 0 Å². The largest absolute Gasteiger partial charge is 0.322 e. The minimum absolute atomic E-state index is 0.000722. The van der Waals surface area contributed by atoms with Crippen LogP contribution < -0.4 is 5.32 Å². The van der Waals surface area contributed by atoms with E-state index in [1.807, 2.05) is 24.3 Å². The van der Waals surface area contributed by atoms with Gasteiger partial charge in [0, 0.05) is 17.1 Å². The number of benzene rings is 2. The zero-order chi connectivity index (χ0) is 20.5. The average molecular weight is 444 g/mol. The van der Waals surface area contributed by atoms with Crippen molar-refractivity contribution in [3.8, 4) is 10.6 Å². The van der Waals surface area contributed by atoms with E-state index in [0.717, 1.165) is 4.88 Å². The molecule has 29 heavy (non-hydrogen) atoms. The molecule has 2 aromatic heterocycles. The van der Waals surface area contributed by atoms with Crippen LogP contribution in [0.3, 0.4) is 0 Å². The molecule has 0 saturated heterocycles. The minimum Gasteiger partial charge on any atom is -0.322 e. The normalized spacial score (nSPS) is 10.8. The van der Waals surface area contributed by atoms with Crippen molar-refractivity contribution in [2.45, 2.75) is 0 Å². The number of halogens is 2. The third-order valence-corrected chi connectivity index (χ3v) is 5.76. The third-order valence-electron chi connectivity index (χ3n) is 4.19. The summed E-state index contributed by atoms with van der Waals surface area (Å²) in [7, 11) is 0. The molecule has 0 unspecified atom stereocenters. The molecule has 144 valence electrons. The topological polar surface area (TPSA) is 85.1 Å². The number of amides is 1. The molecular formula is C20H11Cl2N3O3S. The highest BCUT2D eigenvalue weighted by Gasteiger charge is 2.17. The number of thiophene rings is 1. The van der Waals surface area contributed by atoms with Crippen LogP contribution >= 0.6 is 34.5 Å². The van der Waals surface area contributed by atoms with Gasteiger partial charge in [0.05, 0.1) is 30.9 Å². The summed E-state index contributed by atoms with van der Waals surface area (Å²) >= 11 is 13.2. The molecule has 1 N–H and O–H groups in total. The van der Waals surface area contributed by atoms with E-state index in [-0.39, 0.29) is 16.4 Å². The summed E-state index contributed by atoms with van der Waals surface area (Å²) < 4.78 is 0.620. The smallest absolute Gasteiger partial charge is 0.289 e. The number of rotatable bonds is 4. The van der Waals surface area contributed by atoms with E-state index in [2.05, 4.69) is 10.3 Å². The summed E-state index contributed by atoms with van der Waals surface area (Å²) in [6.07, 6.45) is 0. The number of nitro groups is 1. The summed E-state index contributed by atoms with van der Waals surface area (Å²) in [4.78, 5) is 29.0. The first kappa shape index (κ1) is 19.3. The van der Waals surface area contributed by atoms with Gasteiger partial charge in [0.15, 0.2) is 0 Å². The van der Waals surface area contributed by atoms with Crippen LogP contribution in [0.5, 0.6) is 0 Å². The Labute approximate surface area is 178 Å². The zero-order valence-electron chi connectivity index (χ0n) is 14.6. The van der Waals surface area contributed by atoms with E-state index in [0.29, 0.717) is 26.5 Å². The Bertz CT molecular complexity index is 1270. The Morgan fingerprint density at radius 2 is 1.86 bits per heavy atom. The number of hydrogen-bond donors (Lipinski definition) is 1. The van der Waals surface area contributed by atoms with Crippen LogP contribution in [0.25, 0.3) is 21.5 Å². The second kappa shape index (κ2) is 7.79. The van der Waals surface area contributed by atoms with Crippen LogP contribution in [-0.2, 0) is 0 Å². The van der Waals surface area contributed by atoms with Crippen molar-refractivity contribution in [2.24, 2.45) is 0 Å². The van der Waals surface area contributed by atoms with Crippen LogP contribution in [0.2, 0.25) is 9.36 Å². The molecule has 0 aliphatic heterocycles. The fourth-order valence-corrected chi connectivity index (χ4v) is 4.06. The summed E-state index contributed by atoms with van der Waals surface area (Å²) in [5.41, 5.74) is 1.66. The second-order valence-corrected chi connectivity index (χ2v) is 8.18. The van der Waals surface area contributed by atoms with Gasteiger partial charge in [0.1, 0.15) is 5.02 Å². The highest BCUT2D eigenvalue weighted by atomic mass is 35.5. The SMILES string of the molecule is O=C(Nc1ccc(Cl)c([N+](=O)[O-])c1)c1cc(-c2ccc(Cl)s2)nc2ccccc12. The van der Waals surface area contributed by atoms with Crippen LogP contribution in [0, 0.1) is 10.1 Å². The van der Waals surface area contributed by atoms with E-state index in [1.165, 1.54) is 29.5 Å². The first-order chi connectivity index (χ1) is 13.9. The molecule has 0 spiro atoms. The van der Waals surface area contributed by atoms with E-state index >= 15 is 0 Å². The van der Waals surface area contributed by atoms with Crippen LogP contribution in [0.1, 0.15) is 10.4 Å². The van der Waals surface area contributed by atoms with E-state index in [1.54, 1.807) is 18.2 Å². The number of carbonyl (C=O) groups excluding carboxylic acids is 1. The van der Waals surface area contributed by atoms with Gasteiger partial charge in [-0.2, -0.15) is 0 Å². The fraction of sp³-hybridized carbons (Fsp3) is 0. The molecule has 4 rings (SSSR count). The lowest BCUT2D eigenvalue weighted by Crippen LogP contribution is -2.13. The summed E-state index contributed by atoms with van der Waals surface area (Å²) in [5.74, 6) is -0.413. The number of para-hydroxylation sites is 1. The lowest BCUT2D eigenvalue weighted by Gasteiger charge is -2.10. The number of nitro benzene ring substituents is 1. The summed E-state index contributed by atoms with van der Waals surface area (Å²) in [5, 5.41) is 14.5. The number of carbonyl (C=O) groups is 1. The van der Waals surface area contributed by atoms with Crippen LogP contribution in [0.15, 0.2) is 60.7 Å². The maximum Gasteiger partial charge on any atom is 0.289 e. The van der Waals surface area contributed by atoms with E-state index in [9.17, 15) is 14.9 Å². The van der Waals surface area contributed by atoms with Gasteiger partial charge in [-0.1, -0.05) is 41.4 Å². The lowest BCUT2D eigenvalue weighted by atomic mass is 10.1. The van der Waals surface area contributed by atoms with Crippen LogP contribution in [0.4, 0.5) is 11.4 Å². The molecule has 0 bridgehead atoms. The monoisotopic (exact) mass is 443 g/mol.